The standard InChI is InChI=1S/C46H84NO10P/c1-3-5-7-9-11-13-15-17-19-20-21-22-24-26-28-30-32-34-36-38-45(49)57-42(40-55-58(52,53)56-41-43(47)46(50)51)39-54-44(48)37-35-33-31-29-27-25-23-18-16-14-12-10-8-6-4-2/h11,13-14,16-17,19,42-43H,3-10,12,15,18,20-41,47H2,1-2H3,(H,50,51)(H,52,53)/b13-11+,16-14+,19-17+/t42-,43+/m1/s1. The lowest BCUT2D eigenvalue weighted by atomic mass is 10.1. The zero-order chi connectivity index (χ0) is 42.8. The fraction of sp³-hybridized carbons (Fsp3) is 0.804. The Morgan fingerprint density at radius 1 is 0.534 bits per heavy atom. The molecule has 0 aliphatic carbocycles. The molecule has 338 valence electrons. The van der Waals surface area contributed by atoms with E-state index in [0.29, 0.717) is 12.8 Å². The largest absolute Gasteiger partial charge is 0.480 e. The highest BCUT2D eigenvalue weighted by molar-refractivity contribution is 7.47. The van der Waals surface area contributed by atoms with Crippen molar-refractivity contribution in [2.75, 3.05) is 19.8 Å². The number of hydrogen-bond donors (Lipinski definition) is 3. The highest BCUT2D eigenvalue weighted by Gasteiger charge is 2.28. The Hall–Kier alpha value is -2.30. The maximum absolute atomic E-state index is 12.6. The molecule has 0 bridgehead atoms. The Morgan fingerprint density at radius 2 is 0.914 bits per heavy atom. The zero-order valence-electron chi connectivity index (χ0n) is 36.6. The van der Waals surface area contributed by atoms with Crippen molar-refractivity contribution in [3.8, 4) is 0 Å². The molecule has 58 heavy (non-hydrogen) atoms. The van der Waals surface area contributed by atoms with E-state index in [0.717, 1.165) is 57.8 Å². The van der Waals surface area contributed by atoms with Crippen LogP contribution in [0.4, 0.5) is 0 Å². The Bertz CT molecular complexity index is 1130. The first-order chi connectivity index (χ1) is 28.1. The molecule has 3 atom stereocenters. The van der Waals surface area contributed by atoms with Gasteiger partial charge in [0, 0.05) is 12.8 Å². The van der Waals surface area contributed by atoms with Gasteiger partial charge in [0.05, 0.1) is 13.2 Å². The fourth-order valence-electron chi connectivity index (χ4n) is 6.21. The normalized spacial score (nSPS) is 14.0. The summed E-state index contributed by atoms with van der Waals surface area (Å²) in [6.45, 7) is 2.77. The van der Waals surface area contributed by atoms with Gasteiger partial charge in [-0.05, 0) is 70.6 Å². The molecule has 0 aliphatic heterocycles. The Kier molecular flexibility index (Phi) is 39.8. The molecule has 0 saturated carbocycles. The Morgan fingerprint density at radius 3 is 1.40 bits per heavy atom. The molecule has 4 N–H and O–H groups in total. The third kappa shape index (κ3) is 40.5. The topological polar surface area (TPSA) is 172 Å². The van der Waals surface area contributed by atoms with Crippen molar-refractivity contribution in [2.24, 2.45) is 5.73 Å². The second kappa shape index (κ2) is 41.4. The van der Waals surface area contributed by atoms with Crippen molar-refractivity contribution in [3.63, 3.8) is 0 Å². The van der Waals surface area contributed by atoms with Crippen molar-refractivity contribution in [1.82, 2.24) is 0 Å². The van der Waals surface area contributed by atoms with E-state index in [1.807, 2.05) is 0 Å². The number of carboxylic acids is 1. The van der Waals surface area contributed by atoms with Crippen molar-refractivity contribution in [2.45, 2.75) is 219 Å². The fourth-order valence-corrected chi connectivity index (χ4v) is 6.99. The SMILES string of the molecule is CCCCC/C=C/C/C=C/CCCCCCCCCCCC(=O)O[C@H](COC(=O)CCCCCCCCC/C=C/CCCCCC)COP(=O)(O)OC[C@H](N)C(=O)O. The van der Waals surface area contributed by atoms with Gasteiger partial charge in [-0.3, -0.25) is 23.4 Å². The monoisotopic (exact) mass is 842 g/mol. The minimum absolute atomic E-state index is 0.156. The van der Waals surface area contributed by atoms with E-state index < -0.39 is 51.1 Å². The minimum Gasteiger partial charge on any atom is -0.480 e. The van der Waals surface area contributed by atoms with Crippen LogP contribution in [0.15, 0.2) is 36.5 Å². The number of allylic oxidation sites excluding steroid dienone is 6. The number of hydrogen-bond acceptors (Lipinski definition) is 9. The summed E-state index contributed by atoms with van der Waals surface area (Å²) in [5, 5.41) is 8.90. The second-order valence-corrected chi connectivity index (χ2v) is 17.0. The van der Waals surface area contributed by atoms with Crippen molar-refractivity contribution >= 4 is 25.7 Å². The Labute approximate surface area is 353 Å². The predicted octanol–water partition coefficient (Wildman–Crippen LogP) is 12.4. The molecule has 0 rings (SSSR count). The molecule has 0 radical (unpaired) electrons. The number of carbonyl (C=O) groups is 3. The number of ether oxygens (including phenoxy) is 2. The first-order valence-corrected chi connectivity index (χ1v) is 24.5. The maximum atomic E-state index is 12.6. The van der Waals surface area contributed by atoms with Crippen molar-refractivity contribution in [3.05, 3.63) is 36.5 Å². The molecular formula is C46H84NO10P. The molecule has 0 spiro atoms. The quantitative estimate of drug-likeness (QED) is 0.0231. The number of carboxylic acid groups (broad SMARTS) is 1. The van der Waals surface area contributed by atoms with Gasteiger partial charge >= 0.3 is 25.7 Å². The van der Waals surface area contributed by atoms with Crippen LogP contribution in [-0.4, -0.2) is 59.9 Å². The molecule has 0 aromatic rings. The van der Waals surface area contributed by atoms with Crippen LogP contribution >= 0.6 is 7.82 Å². The highest BCUT2D eigenvalue weighted by atomic mass is 31.2. The van der Waals surface area contributed by atoms with Gasteiger partial charge in [-0.25, -0.2) is 4.57 Å². The smallest absolute Gasteiger partial charge is 0.472 e. The van der Waals surface area contributed by atoms with Crippen LogP contribution in [0.25, 0.3) is 0 Å². The molecule has 1 unspecified atom stereocenters. The molecule has 0 fully saturated rings. The van der Waals surface area contributed by atoms with E-state index in [9.17, 15) is 23.8 Å². The molecular weight excluding hydrogens is 757 g/mol. The van der Waals surface area contributed by atoms with Crippen molar-refractivity contribution in [1.29, 1.82) is 0 Å². The maximum Gasteiger partial charge on any atom is 0.472 e. The van der Waals surface area contributed by atoms with Gasteiger partial charge in [0.2, 0.25) is 0 Å². The summed E-state index contributed by atoms with van der Waals surface area (Å²) in [5.41, 5.74) is 5.34. The summed E-state index contributed by atoms with van der Waals surface area (Å²) >= 11 is 0. The number of aliphatic carboxylic acids is 1. The van der Waals surface area contributed by atoms with Gasteiger partial charge in [-0.2, -0.15) is 0 Å². The van der Waals surface area contributed by atoms with Crippen molar-refractivity contribution < 1.29 is 47.5 Å². The lowest BCUT2D eigenvalue weighted by Gasteiger charge is -2.20. The molecule has 0 aliphatic rings. The zero-order valence-corrected chi connectivity index (χ0v) is 37.5. The first-order valence-electron chi connectivity index (χ1n) is 23.0. The lowest BCUT2D eigenvalue weighted by molar-refractivity contribution is -0.161. The van der Waals surface area contributed by atoms with Crippen LogP contribution in [0.5, 0.6) is 0 Å². The number of rotatable bonds is 43. The Balaban J connectivity index is 4.32. The number of carbonyl (C=O) groups excluding carboxylic acids is 2. The molecule has 11 nitrogen and oxygen atoms in total. The third-order valence-corrected chi connectivity index (χ3v) is 10.8. The van der Waals surface area contributed by atoms with E-state index in [-0.39, 0.29) is 19.4 Å². The van der Waals surface area contributed by atoms with Gasteiger partial charge < -0.3 is 25.2 Å². The van der Waals surface area contributed by atoms with E-state index in [1.54, 1.807) is 0 Å². The predicted molar refractivity (Wildman–Crippen MR) is 235 cm³/mol. The second-order valence-electron chi connectivity index (χ2n) is 15.5. The number of nitrogens with two attached hydrogens (primary N) is 1. The highest BCUT2D eigenvalue weighted by Crippen LogP contribution is 2.43. The molecule has 0 heterocycles. The van der Waals surface area contributed by atoms with Crippen LogP contribution in [0, 0.1) is 0 Å². The van der Waals surface area contributed by atoms with Crippen LogP contribution in [-0.2, 0) is 37.5 Å². The van der Waals surface area contributed by atoms with E-state index in [1.165, 1.54) is 109 Å². The van der Waals surface area contributed by atoms with Gasteiger partial charge in [0.25, 0.3) is 0 Å². The molecule has 12 heteroatoms. The minimum atomic E-state index is -4.72. The summed E-state index contributed by atoms with van der Waals surface area (Å²) in [6.07, 6.45) is 44.8. The summed E-state index contributed by atoms with van der Waals surface area (Å²) in [7, 11) is -4.72. The molecule has 0 amide bonds. The number of phosphoric acid groups is 1. The first kappa shape index (κ1) is 55.7. The van der Waals surface area contributed by atoms with Gasteiger partial charge in [-0.15, -0.1) is 0 Å². The molecule has 0 aromatic carbocycles. The lowest BCUT2D eigenvalue weighted by Crippen LogP contribution is -2.34. The summed E-state index contributed by atoms with van der Waals surface area (Å²) in [5.74, 6) is -2.38. The summed E-state index contributed by atoms with van der Waals surface area (Å²) in [6, 6.07) is -1.52. The number of esters is 2. The summed E-state index contributed by atoms with van der Waals surface area (Å²) < 4.78 is 32.7. The van der Waals surface area contributed by atoms with Gasteiger partial charge in [-0.1, -0.05) is 159 Å². The van der Waals surface area contributed by atoms with Crippen LogP contribution in [0.2, 0.25) is 0 Å². The third-order valence-electron chi connectivity index (χ3n) is 9.86. The van der Waals surface area contributed by atoms with Gasteiger partial charge in [0.1, 0.15) is 12.6 Å². The van der Waals surface area contributed by atoms with E-state index >= 15 is 0 Å². The number of phosphoric ester groups is 1. The summed E-state index contributed by atoms with van der Waals surface area (Å²) in [4.78, 5) is 46.0. The van der Waals surface area contributed by atoms with Crippen LogP contribution < -0.4 is 5.73 Å². The van der Waals surface area contributed by atoms with E-state index in [4.69, 9.17) is 24.8 Å². The average Bonchev–Trinajstić information content (AvgIpc) is 3.20. The molecule has 0 aromatic heterocycles. The number of unbranched alkanes of at least 4 members (excludes halogenated alkanes) is 23. The van der Waals surface area contributed by atoms with E-state index in [2.05, 4.69) is 54.8 Å². The molecule has 0 saturated heterocycles. The van der Waals surface area contributed by atoms with Gasteiger partial charge in [0.15, 0.2) is 6.10 Å². The van der Waals surface area contributed by atoms with Crippen LogP contribution in [0.3, 0.4) is 0 Å². The average molecular weight is 842 g/mol. The van der Waals surface area contributed by atoms with Crippen LogP contribution in [0.1, 0.15) is 206 Å².